The standard InChI is InChI=1S/C24H15Br3ClNO3S/c25-17-6-3-4-14(8-17)12-29-23(30)21(33-24(29)31)11-15-9-18(26)22(19(27)10-15)32-13-16-5-1-2-7-20(16)28/h1-11H,12-13H2/b21-11+. The first kappa shape index (κ1) is 24.5. The number of thioether (sulfide) groups is 1. The van der Waals surface area contributed by atoms with Gasteiger partial charge in [0.15, 0.2) is 0 Å². The Morgan fingerprint density at radius 3 is 2.39 bits per heavy atom. The van der Waals surface area contributed by atoms with E-state index < -0.39 is 0 Å². The van der Waals surface area contributed by atoms with Gasteiger partial charge in [0.25, 0.3) is 11.1 Å². The maximum absolute atomic E-state index is 12.9. The van der Waals surface area contributed by atoms with Gasteiger partial charge in [-0.1, -0.05) is 57.9 Å². The molecule has 0 bridgehead atoms. The van der Waals surface area contributed by atoms with Crippen molar-refractivity contribution in [3.63, 3.8) is 0 Å². The van der Waals surface area contributed by atoms with Crippen molar-refractivity contribution in [2.24, 2.45) is 0 Å². The molecule has 0 aromatic heterocycles. The molecule has 0 atom stereocenters. The fraction of sp³-hybridized carbons (Fsp3) is 0.0833. The number of carbonyl (C=O) groups is 2. The van der Waals surface area contributed by atoms with Gasteiger partial charge >= 0.3 is 0 Å². The molecule has 33 heavy (non-hydrogen) atoms. The number of rotatable bonds is 6. The Balaban J connectivity index is 1.51. The number of hydrogen-bond donors (Lipinski definition) is 0. The Kier molecular flexibility index (Phi) is 8.02. The van der Waals surface area contributed by atoms with Gasteiger partial charge < -0.3 is 4.74 Å². The van der Waals surface area contributed by atoms with Crippen LogP contribution in [0.3, 0.4) is 0 Å². The summed E-state index contributed by atoms with van der Waals surface area (Å²) in [5.74, 6) is 0.311. The smallest absolute Gasteiger partial charge is 0.293 e. The minimum atomic E-state index is -0.309. The van der Waals surface area contributed by atoms with Crippen LogP contribution >= 0.6 is 71.2 Å². The zero-order valence-electron chi connectivity index (χ0n) is 16.9. The largest absolute Gasteiger partial charge is 0.486 e. The van der Waals surface area contributed by atoms with Crippen LogP contribution in [0, 0.1) is 0 Å². The lowest BCUT2D eigenvalue weighted by atomic mass is 10.2. The molecule has 4 nitrogen and oxygen atoms in total. The molecule has 9 heteroatoms. The Morgan fingerprint density at radius 2 is 1.70 bits per heavy atom. The average molecular weight is 673 g/mol. The Hall–Kier alpha value is -1.58. The van der Waals surface area contributed by atoms with Gasteiger partial charge in [0, 0.05) is 15.1 Å². The van der Waals surface area contributed by atoms with Crippen LogP contribution in [0.5, 0.6) is 5.75 Å². The molecule has 0 radical (unpaired) electrons. The van der Waals surface area contributed by atoms with E-state index in [4.69, 9.17) is 16.3 Å². The lowest BCUT2D eigenvalue weighted by Gasteiger charge is -2.13. The molecule has 0 N–H and O–H groups in total. The molecule has 0 spiro atoms. The van der Waals surface area contributed by atoms with Gasteiger partial charge in [0.2, 0.25) is 0 Å². The van der Waals surface area contributed by atoms with Crippen molar-refractivity contribution >= 4 is 88.4 Å². The summed E-state index contributed by atoms with van der Waals surface area (Å²) >= 11 is 17.6. The van der Waals surface area contributed by atoms with E-state index in [0.29, 0.717) is 31.2 Å². The van der Waals surface area contributed by atoms with E-state index in [1.54, 1.807) is 6.08 Å². The molecule has 2 amide bonds. The van der Waals surface area contributed by atoms with Gasteiger partial charge in [0.1, 0.15) is 12.4 Å². The van der Waals surface area contributed by atoms with Crippen molar-refractivity contribution in [2.45, 2.75) is 13.2 Å². The molecular weight excluding hydrogens is 658 g/mol. The van der Waals surface area contributed by atoms with Crippen molar-refractivity contribution in [3.8, 4) is 5.75 Å². The number of amides is 2. The quantitative estimate of drug-likeness (QED) is 0.247. The minimum Gasteiger partial charge on any atom is -0.486 e. The van der Waals surface area contributed by atoms with Gasteiger partial charge in [-0.05, 0) is 91.2 Å². The lowest BCUT2D eigenvalue weighted by molar-refractivity contribution is -0.123. The SMILES string of the molecule is O=C1S/C(=C/c2cc(Br)c(OCc3ccccc3Cl)c(Br)c2)C(=O)N1Cc1cccc(Br)c1. The van der Waals surface area contributed by atoms with Crippen molar-refractivity contribution in [1.82, 2.24) is 4.90 Å². The van der Waals surface area contributed by atoms with Crippen LogP contribution in [0.25, 0.3) is 6.08 Å². The minimum absolute atomic E-state index is 0.226. The normalized spacial score (nSPS) is 14.9. The number of benzene rings is 3. The van der Waals surface area contributed by atoms with E-state index >= 15 is 0 Å². The summed E-state index contributed by atoms with van der Waals surface area (Å²) in [4.78, 5) is 27.0. The van der Waals surface area contributed by atoms with E-state index in [0.717, 1.165) is 32.9 Å². The molecule has 1 heterocycles. The predicted molar refractivity (Wildman–Crippen MR) is 143 cm³/mol. The van der Waals surface area contributed by atoms with Gasteiger partial charge in [0.05, 0.1) is 20.4 Å². The summed E-state index contributed by atoms with van der Waals surface area (Å²) < 4.78 is 8.27. The van der Waals surface area contributed by atoms with Crippen molar-refractivity contribution in [1.29, 1.82) is 0 Å². The fourth-order valence-corrected chi connectivity index (χ4v) is 6.10. The van der Waals surface area contributed by atoms with Crippen molar-refractivity contribution in [2.75, 3.05) is 0 Å². The summed E-state index contributed by atoms with van der Waals surface area (Å²) in [5.41, 5.74) is 2.51. The molecule has 4 rings (SSSR count). The van der Waals surface area contributed by atoms with Crippen molar-refractivity contribution in [3.05, 3.63) is 101 Å². The second kappa shape index (κ2) is 10.8. The van der Waals surface area contributed by atoms with Crippen LogP contribution in [-0.2, 0) is 17.9 Å². The molecule has 3 aromatic rings. The highest BCUT2D eigenvalue weighted by Gasteiger charge is 2.35. The van der Waals surface area contributed by atoms with E-state index in [9.17, 15) is 9.59 Å². The van der Waals surface area contributed by atoms with E-state index in [1.165, 1.54) is 4.90 Å². The Labute approximate surface area is 225 Å². The van der Waals surface area contributed by atoms with Gasteiger partial charge in [-0.15, -0.1) is 0 Å². The van der Waals surface area contributed by atoms with E-state index in [-0.39, 0.29) is 17.7 Å². The first-order chi connectivity index (χ1) is 15.8. The third-order valence-electron chi connectivity index (χ3n) is 4.75. The van der Waals surface area contributed by atoms with E-state index in [2.05, 4.69) is 47.8 Å². The second-order valence-electron chi connectivity index (χ2n) is 7.09. The summed E-state index contributed by atoms with van der Waals surface area (Å²) in [5, 5.41) is 0.351. The molecule has 0 saturated carbocycles. The number of carbonyl (C=O) groups excluding carboxylic acids is 2. The summed E-state index contributed by atoms with van der Waals surface area (Å²) in [6.45, 7) is 0.536. The summed E-state index contributed by atoms with van der Waals surface area (Å²) in [7, 11) is 0. The monoisotopic (exact) mass is 669 g/mol. The number of halogens is 4. The Morgan fingerprint density at radius 1 is 0.970 bits per heavy atom. The Bertz CT molecular complexity index is 1260. The zero-order valence-corrected chi connectivity index (χ0v) is 23.2. The number of hydrogen-bond acceptors (Lipinski definition) is 4. The third-order valence-corrected chi connectivity index (χ3v) is 7.70. The second-order valence-corrected chi connectivity index (χ2v) is 11.1. The third kappa shape index (κ3) is 5.92. The molecule has 0 aliphatic carbocycles. The van der Waals surface area contributed by atoms with Crippen LogP contribution in [0.1, 0.15) is 16.7 Å². The van der Waals surface area contributed by atoms with Crippen molar-refractivity contribution < 1.29 is 14.3 Å². The fourth-order valence-electron chi connectivity index (χ4n) is 3.17. The summed E-state index contributed by atoms with van der Waals surface area (Å²) in [6.07, 6.45) is 1.71. The first-order valence-electron chi connectivity index (χ1n) is 9.67. The van der Waals surface area contributed by atoms with Crippen LogP contribution in [0.2, 0.25) is 5.02 Å². The van der Waals surface area contributed by atoms with E-state index in [1.807, 2.05) is 60.7 Å². The van der Waals surface area contributed by atoms with Gasteiger partial charge in [-0.3, -0.25) is 14.5 Å². The zero-order chi connectivity index (χ0) is 23.5. The van der Waals surface area contributed by atoms with Crippen LogP contribution in [0.15, 0.2) is 79.0 Å². The summed E-state index contributed by atoms with van der Waals surface area (Å²) in [6, 6.07) is 18.7. The molecule has 1 fully saturated rings. The average Bonchev–Trinajstić information content (AvgIpc) is 3.02. The molecule has 168 valence electrons. The molecule has 1 aliphatic heterocycles. The molecular formula is C24H15Br3ClNO3S. The van der Waals surface area contributed by atoms with Crippen LogP contribution < -0.4 is 4.74 Å². The van der Waals surface area contributed by atoms with Crippen LogP contribution in [-0.4, -0.2) is 16.0 Å². The molecule has 3 aromatic carbocycles. The maximum Gasteiger partial charge on any atom is 0.293 e. The molecule has 1 saturated heterocycles. The molecule has 1 aliphatic rings. The van der Waals surface area contributed by atoms with Gasteiger partial charge in [-0.25, -0.2) is 0 Å². The number of nitrogens with zero attached hydrogens (tertiary/aromatic N) is 1. The highest BCUT2D eigenvalue weighted by molar-refractivity contribution is 9.11. The highest BCUT2D eigenvalue weighted by atomic mass is 79.9. The highest BCUT2D eigenvalue weighted by Crippen LogP contribution is 2.38. The maximum atomic E-state index is 12.9. The van der Waals surface area contributed by atoms with Gasteiger partial charge in [-0.2, -0.15) is 0 Å². The van der Waals surface area contributed by atoms with Crippen LogP contribution in [0.4, 0.5) is 4.79 Å². The molecule has 0 unspecified atom stereocenters. The number of ether oxygens (including phenoxy) is 1. The lowest BCUT2D eigenvalue weighted by Crippen LogP contribution is -2.27. The predicted octanol–water partition coefficient (Wildman–Crippen LogP) is 8.44. The number of imide groups is 1. The first-order valence-corrected chi connectivity index (χ1v) is 13.2. The topological polar surface area (TPSA) is 46.6 Å².